The van der Waals surface area contributed by atoms with Crippen molar-refractivity contribution in [3.63, 3.8) is 0 Å². The van der Waals surface area contributed by atoms with Crippen LogP contribution in [0.15, 0.2) is 46.9 Å². The van der Waals surface area contributed by atoms with Gasteiger partial charge in [0.15, 0.2) is 0 Å². The molecule has 5 nitrogen and oxygen atoms in total. The molecule has 1 heterocycles. The number of nitrogens with zero attached hydrogens (tertiary/aromatic N) is 2. The number of aromatic nitrogens is 1. The fourth-order valence-corrected chi connectivity index (χ4v) is 3.35. The molecule has 2 aromatic carbocycles. The summed E-state index contributed by atoms with van der Waals surface area (Å²) in [5.41, 5.74) is 4.00. The number of benzene rings is 2. The molecule has 0 amide bonds. The SMILES string of the molecule is CCN(Cc1ccccc1)Cc1nc(-c2ccc(OC)c(C)c2OC)oc1C. The molecular formula is C23H28N2O3. The van der Waals surface area contributed by atoms with Gasteiger partial charge >= 0.3 is 0 Å². The highest BCUT2D eigenvalue weighted by molar-refractivity contribution is 5.68. The van der Waals surface area contributed by atoms with Gasteiger partial charge in [0.05, 0.1) is 25.5 Å². The molecule has 148 valence electrons. The standard InChI is InChI=1S/C23H28N2O3/c1-6-25(14-18-10-8-7-9-11-18)15-20-17(3)28-23(24-20)19-12-13-21(26-4)16(2)22(19)27-5/h7-13H,6,14-15H2,1-5H3. The van der Waals surface area contributed by atoms with Crippen LogP contribution in [-0.2, 0) is 13.1 Å². The van der Waals surface area contributed by atoms with Crippen molar-refractivity contribution in [1.82, 2.24) is 9.88 Å². The second-order valence-electron chi connectivity index (χ2n) is 6.78. The number of ether oxygens (including phenoxy) is 2. The van der Waals surface area contributed by atoms with Crippen molar-refractivity contribution in [2.24, 2.45) is 0 Å². The minimum absolute atomic E-state index is 0.575. The van der Waals surface area contributed by atoms with Gasteiger partial charge in [0, 0.05) is 18.7 Å². The van der Waals surface area contributed by atoms with Crippen LogP contribution in [0.3, 0.4) is 0 Å². The zero-order valence-corrected chi connectivity index (χ0v) is 17.3. The van der Waals surface area contributed by atoms with Crippen molar-refractivity contribution >= 4 is 0 Å². The van der Waals surface area contributed by atoms with Crippen LogP contribution in [0, 0.1) is 13.8 Å². The molecule has 0 N–H and O–H groups in total. The lowest BCUT2D eigenvalue weighted by molar-refractivity contribution is 0.267. The van der Waals surface area contributed by atoms with Crippen molar-refractivity contribution in [1.29, 1.82) is 0 Å². The molecule has 0 aliphatic rings. The van der Waals surface area contributed by atoms with E-state index in [-0.39, 0.29) is 0 Å². The number of oxazole rings is 1. The maximum absolute atomic E-state index is 6.01. The molecule has 0 saturated heterocycles. The predicted octanol–water partition coefficient (Wildman–Crippen LogP) is 5.00. The fraction of sp³-hybridized carbons (Fsp3) is 0.348. The van der Waals surface area contributed by atoms with Gasteiger partial charge in [-0.3, -0.25) is 4.90 Å². The summed E-state index contributed by atoms with van der Waals surface area (Å²) >= 11 is 0. The molecule has 1 aromatic heterocycles. The Hall–Kier alpha value is -2.79. The van der Waals surface area contributed by atoms with Gasteiger partial charge in [-0.05, 0) is 38.1 Å². The molecule has 3 aromatic rings. The Morgan fingerprint density at radius 1 is 0.964 bits per heavy atom. The topological polar surface area (TPSA) is 47.7 Å². The van der Waals surface area contributed by atoms with Crippen LogP contribution in [0.2, 0.25) is 0 Å². The van der Waals surface area contributed by atoms with Gasteiger partial charge in [-0.15, -0.1) is 0 Å². The van der Waals surface area contributed by atoms with Crippen molar-refractivity contribution < 1.29 is 13.9 Å². The first-order valence-corrected chi connectivity index (χ1v) is 9.51. The van der Waals surface area contributed by atoms with Gasteiger partial charge in [0.1, 0.15) is 17.3 Å². The smallest absolute Gasteiger partial charge is 0.230 e. The first kappa shape index (κ1) is 20.0. The monoisotopic (exact) mass is 380 g/mol. The second-order valence-corrected chi connectivity index (χ2v) is 6.78. The third kappa shape index (κ3) is 4.20. The van der Waals surface area contributed by atoms with Crippen LogP contribution in [0.1, 0.15) is 29.5 Å². The van der Waals surface area contributed by atoms with Crippen molar-refractivity contribution in [2.75, 3.05) is 20.8 Å². The maximum atomic E-state index is 6.01. The molecular weight excluding hydrogens is 352 g/mol. The van der Waals surface area contributed by atoms with Crippen molar-refractivity contribution in [2.45, 2.75) is 33.9 Å². The van der Waals surface area contributed by atoms with Crippen LogP contribution in [0.25, 0.3) is 11.5 Å². The van der Waals surface area contributed by atoms with E-state index in [1.807, 2.05) is 32.0 Å². The molecule has 0 aliphatic carbocycles. The summed E-state index contributed by atoms with van der Waals surface area (Å²) in [7, 11) is 3.31. The predicted molar refractivity (Wildman–Crippen MR) is 111 cm³/mol. The highest BCUT2D eigenvalue weighted by atomic mass is 16.5. The van der Waals surface area contributed by atoms with Crippen molar-refractivity contribution in [3.05, 3.63) is 65.0 Å². The molecule has 0 unspecified atom stereocenters. The van der Waals surface area contributed by atoms with Crippen LogP contribution in [0.5, 0.6) is 11.5 Å². The third-order valence-electron chi connectivity index (χ3n) is 4.97. The van der Waals surface area contributed by atoms with E-state index >= 15 is 0 Å². The van der Waals surface area contributed by atoms with E-state index in [2.05, 4.69) is 36.1 Å². The summed E-state index contributed by atoms with van der Waals surface area (Å²) in [5.74, 6) is 2.91. The lowest BCUT2D eigenvalue weighted by Gasteiger charge is -2.19. The first-order valence-electron chi connectivity index (χ1n) is 9.51. The van der Waals surface area contributed by atoms with Crippen molar-refractivity contribution in [3.8, 4) is 23.0 Å². The minimum Gasteiger partial charge on any atom is -0.496 e. The highest BCUT2D eigenvalue weighted by Gasteiger charge is 2.20. The molecule has 0 saturated carbocycles. The van der Waals surface area contributed by atoms with E-state index < -0.39 is 0 Å². The number of aryl methyl sites for hydroxylation is 1. The molecule has 3 rings (SSSR count). The van der Waals surface area contributed by atoms with Gasteiger partial charge < -0.3 is 13.9 Å². The fourth-order valence-electron chi connectivity index (χ4n) is 3.35. The summed E-state index contributed by atoms with van der Waals surface area (Å²) in [5, 5.41) is 0. The van der Waals surface area contributed by atoms with Gasteiger partial charge in [-0.25, -0.2) is 4.98 Å². The molecule has 0 spiro atoms. The zero-order chi connectivity index (χ0) is 20.1. The zero-order valence-electron chi connectivity index (χ0n) is 17.3. The lowest BCUT2D eigenvalue weighted by Crippen LogP contribution is -2.22. The Kier molecular flexibility index (Phi) is 6.37. The molecule has 28 heavy (non-hydrogen) atoms. The minimum atomic E-state index is 0.575. The summed E-state index contributed by atoms with van der Waals surface area (Å²) in [6, 6.07) is 14.3. The van der Waals surface area contributed by atoms with Gasteiger partial charge in [-0.1, -0.05) is 37.3 Å². The van der Waals surface area contributed by atoms with Crippen LogP contribution in [-0.4, -0.2) is 30.6 Å². The Morgan fingerprint density at radius 2 is 1.71 bits per heavy atom. The normalized spacial score (nSPS) is 11.1. The highest BCUT2D eigenvalue weighted by Crippen LogP contribution is 2.38. The molecule has 5 heteroatoms. The molecule has 0 fully saturated rings. The number of hydrogen-bond donors (Lipinski definition) is 0. The van der Waals surface area contributed by atoms with E-state index in [4.69, 9.17) is 18.9 Å². The lowest BCUT2D eigenvalue weighted by atomic mass is 10.1. The third-order valence-corrected chi connectivity index (χ3v) is 4.97. The first-order chi connectivity index (χ1) is 13.6. The Bertz CT molecular complexity index is 919. The van der Waals surface area contributed by atoms with Crippen LogP contribution >= 0.6 is 0 Å². The Labute approximate surface area is 166 Å². The number of hydrogen-bond acceptors (Lipinski definition) is 5. The van der Waals surface area contributed by atoms with Gasteiger partial charge in [0.25, 0.3) is 0 Å². The molecule has 0 aliphatic heterocycles. The van der Waals surface area contributed by atoms with E-state index in [1.54, 1.807) is 14.2 Å². The maximum Gasteiger partial charge on any atom is 0.230 e. The summed E-state index contributed by atoms with van der Waals surface area (Å²) in [6.07, 6.45) is 0. The van der Waals surface area contributed by atoms with E-state index in [9.17, 15) is 0 Å². The van der Waals surface area contributed by atoms with E-state index in [1.165, 1.54) is 5.56 Å². The molecule has 0 atom stereocenters. The average molecular weight is 380 g/mol. The second kappa shape index (κ2) is 8.93. The molecule has 0 radical (unpaired) electrons. The number of methoxy groups -OCH3 is 2. The quantitative estimate of drug-likeness (QED) is 0.550. The summed E-state index contributed by atoms with van der Waals surface area (Å²) in [6.45, 7) is 8.64. The van der Waals surface area contributed by atoms with Crippen LogP contribution in [0.4, 0.5) is 0 Å². The average Bonchev–Trinajstić information content (AvgIpc) is 3.08. The Balaban J connectivity index is 1.86. The molecule has 0 bridgehead atoms. The van der Waals surface area contributed by atoms with E-state index in [0.717, 1.165) is 53.7 Å². The summed E-state index contributed by atoms with van der Waals surface area (Å²) in [4.78, 5) is 7.13. The summed E-state index contributed by atoms with van der Waals surface area (Å²) < 4.78 is 17.0. The van der Waals surface area contributed by atoms with E-state index in [0.29, 0.717) is 5.89 Å². The number of rotatable bonds is 8. The Morgan fingerprint density at radius 3 is 2.36 bits per heavy atom. The van der Waals surface area contributed by atoms with Crippen LogP contribution < -0.4 is 9.47 Å². The van der Waals surface area contributed by atoms with Gasteiger partial charge in [0.2, 0.25) is 5.89 Å². The van der Waals surface area contributed by atoms with Gasteiger partial charge in [-0.2, -0.15) is 0 Å². The largest absolute Gasteiger partial charge is 0.496 e.